The topological polar surface area (TPSA) is 55.2 Å². The first-order valence-corrected chi connectivity index (χ1v) is 9.60. The van der Waals surface area contributed by atoms with Crippen LogP contribution in [0.15, 0.2) is 42.5 Å². The van der Waals surface area contributed by atoms with Gasteiger partial charge in [-0.25, -0.2) is 0 Å². The molecule has 1 aromatic heterocycles. The highest BCUT2D eigenvalue weighted by Gasteiger charge is 2.01. The number of aromatic hydroxyl groups is 1. The molecule has 2 aromatic rings. The fourth-order valence-electron chi connectivity index (χ4n) is 2.71. The Morgan fingerprint density at radius 3 is 2.54 bits per heavy atom. The molecule has 0 aliphatic carbocycles. The monoisotopic (exact) mass is 354 g/mol. The van der Waals surface area contributed by atoms with Gasteiger partial charge in [-0.1, -0.05) is 56.2 Å². The average molecular weight is 354 g/mol. The molecule has 0 aliphatic rings. The van der Waals surface area contributed by atoms with Crippen LogP contribution in [0.4, 0.5) is 0 Å². The molecule has 0 aliphatic heterocycles. The van der Waals surface area contributed by atoms with Gasteiger partial charge < -0.3 is 9.84 Å². The molecule has 0 saturated carbocycles. The summed E-state index contributed by atoms with van der Waals surface area (Å²) in [5.41, 5.74) is 2.92. The van der Waals surface area contributed by atoms with Crippen LogP contribution < -0.4 is 0 Å². The van der Waals surface area contributed by atoms with Crippen LogP contribution in [0.5, 0.6) is 5.88 Å². The van der Waals surface area contributed by atoms with Crippen LogP contribution >= 0.6 is 0 Å². The number of nitrogens with zero attached hydrogens (tertiary/aromatic N) is 2. The van der Waals surface area contributed by atoms with Gasteiger partial charge in [0.15, 0.2) is 0 Å². The number of rotatable bonds is 11. The summed E-state index contributed by atoms with van der Waals surface area (Å²) in [4.78, 5) is 0. The van der Waals surface area contributed by atoms with Gasteiger partial charge in [0.05, 0.1) is 11.8 Å². The van der Waals surface area contributed by atoms with Crippen LogP contribution in [-0.4, -0.2) is 28.0 Å². The van der Waals surface area contributed by atoms with Gasteiger partial charge in [0.2, 0.25) is 5.88 Å². The van der Waals surface area contributed by atoms with Crippen molar-refractivity contribution in [3.63, 3.8) is 0 Å². The number of benzene rings is 1. The van der Waals surface area contributed by atoms with Crippen LogP contribution in [0, 0.1) is 0 Å². The van der Waals surface area contributed by atoms with Gasteiger partial charge in [0.25, 0.3) is 0 Å². The molecule has 0 radical (unpaired) electrons. The Balaban J connectivity index is 1.69. The summed E-state index contributed by atoms with van der Waals surface area (Å²) < 4.78 is 5.82. The highest BCUT2D eigenvalue weighted by Crippen LogP contribution is 2.18. The van der Waals surface area contributed by atoms with Crippen molar-refractivity contribution in [2.75, 3.05) is 6.61 Å². The summed E-state index contributed by atoms with van der Waals surface area (Å²) in [6.45, 7) is 5.27. The molecule has 2 rings (SSSR count). The summed E-state index contributed by atoms with van der Waals surface area (Å²) in [5, 5.41) is 16.9. The Morgan fingerprint density at radius 1 is 1.04 bits per heavy atom. The second kappa shape index (κ2) is 11.4. The average Bonchev–Trinajstić information content (AvgIpc) is 2.66. The maximum atomic E-state index is 9.20. The van der Waals surface area contributed by atoms with Crippen LogP contribution in [0.25, 0.3) is 17.3 Å². The predicted molar refractivity (Wildman–Crippen MR) is 107 cm³/mol. The third-order valence-electron chi connectivity index (χ3n) is 4.30. The van der Waals surface area contributed by atoms with Crippen molar-refractivity contribution in [1.29, 1.82) is 0 Å². The molecule has 0 bridgehead atoms. The molecule has 0 fully saturated rings. The maximum Gasteiger partial charge on any atom is 0.230 e. The Kier molecular flexibility index (Phi) is 8.84. The third kappa shape index (κ3) is 7.36. The van der Waals surface area contributed by atoms with Gasteiger partial charge in [-0.3, -0.25) is 0 Å². The van der Waals surface area contributed by atoms with E-state index in [2.05, 4.69) is 48.3 Å². The number of hydrogen-bond donors (Lipinski definition) is 1. The molecule has 4 heteroatoms. The summed E-state index contributed by atoms with van der Waals surface area (Å²) >= 11 is 0. The number of hydrogen-bond acceptors (Lipinski definition) is 4. The number of aromatic nitrogens is 2. The van der Waals surface area contributed by atoms with Crippen LogP contribution in [-0.2, 0) is 4.74 Å². The Morgan fingerprint density at radius 2 is 1.85 bits per heavy atom. The van der Waals surface area contributed by atoms with E-state index < -0.39 is 0 Å². The van der Waals surface area contributed by atoms with E-state index in [1.807, 2.05) is 12.1 Å². The minimum absolute atomic E-state index is 0.0611. The zero-order valence-electron chi connectivity index (χ0n) is 15.9. The molecule has 0 spiro atoms. The van der Waals surface area contributed by atoms with Gasteiger partial charge in [-0.2, -0.15) is 0 Å². The van der Waals surface area contributed by atoms with Crippen molar-refractivity contribution < 1.29 is 9.84 Å². The Labute approximate surface area is 156 Å². The molecule has 1 heterocycles. The first-order chi connectivity index (χ1) is 12.7. The van der Waals surface area contributed by atoms with Crippen molar-refractivity contribution in [3.05, 3.63) is 48.0 Å². The molecule has 4 nitrogen and oxygen atoms in total. The minimum Gasteiger partial charge on any atom is -0.492 e. The summed E-state index contributed by atoms with van der Waals surface area (Å²) in [7, 11) is 0. The fourth-order valence-corrected chi connectivity index (χ4v) is 2.71. The first kappa shape index (κ1) is 20.1. The molecule has 1 N–H and O–H groups in total. The van der Waals surface area contributed by atoms with E-state index in [-0.39, 0.29) is 5.88 Å². The second-order valence-electron chi connectivity index (χ2n) is 6.62. The lowest BCUT2D eigenvalue weighted by Gasteiger charge is -2.11. The summed E-state index contributed by atoms with van der Waals surface area (Å²) in [6, 6.07) is 11.5. The molecule has 0 amide bonds. The van der Waals surface area contributed by atoms with Gasteiger partial charge in [0.1, 0.15) is 0 Å². The number of allylic oxidation sites excluding steroid dienone is 1. The smallest absolute Gasteiger partial charge is 0.230 e. The quantitative estimate of drug-likeness (QED) is 0.531. The second-order valence-corrected chi connectivity index (χ2v) is 6.62. The largest absolute Gasteiger partial charge is 0.492 e. The van der Waals surface area contributed by atoms with E-state index >= 15 is 0 Å². The highest BCUT2D eigenvalue weighted by molar-refractivity contribution is 5.62. The van der Waals surface area contributed by atoms with Gasteiger partial charge in [-0.05, 0) is 44.2 Å². The van der Waals surface area contributed by atoms with Crippen molar-refractivity contribution in [1.82, 2.24) is 10.2 Å². The van der Waals surface area contributed by atoms with E-state index in [4.69, 9.17) is 4.74 Å². The Bertz CT molecular complexity index is 651. The minimum atomic E-state index is -0.0611. The standard InChI is InChI=1S/C22H30N2O2/c1-3-4-8-17-26-18(2)9-6-5-7-10-19-11-13-20(14-12-19)21-15-16-22(25)24-23-21/h7,10-16,18H,3-6,8-9,17H2,1-2H3,(H,24,25)/b10-7+. The third-order valence-corrected chi connectivity index (χ3v) is 4.30. The van der Waals surface area contributed by atoms with Crippen molar-refractivity contribution in [3.8, 4) is 17.1 Å². The van der Waals surface area contributed by atoms with Gasteiger partial charge >= 0.3 is 0 Å². The zero-order chi connectivity index (χ0) is 18.6. The fraction of sp³-hybridized carbons (Fsp3) is 0.455. The predicted octanol–water partition coefficient (Wildman–Crippen LogP) is 5.63. The van der Waals surface area contributed by atoms with E-state index in [0.717, 1.165) is 37.1 Å². The first-order valence-electron chi connectivity index (χ1n) is 9.60. The number of unbranched alkanes of at least 4 members (excludes halogenated alkanes) is 3. The van der Waals surface area contributed by atoms with E-state index in [0.29, 0.717) is 6.10 Å². The molecule has 1 unspecified atom stereocenters. The molecule has 1 aromatic carbocycles. The SMILES string of the molecule is CCCCCOC(C)CCC/C=C/c1ccc(-c2ccc(O)nn2)cc1. The lowest BCUT2D eigenvalue weighted by Crippen LogP contribution is -2.08. The molecular formula is C22H30N2O2. The van der Waals surface area contributed by atoms with Crippen molar-refractivity contribution >= 4 is 6.08 Å². The zero-order valence-corrected chi connectivity index (χ0v) is 15.9. The van der Waals surface area contributed by atoms with Crippen molar-refractivity contribution in [2.45, 2.75) is 58.5 Å². The summed E-state index contributed by atoms with van der Waals surface area (Å²) in [6.07, 6.45) is 11.7. The molecule has 0 saturated heterocycles. The summed E-state index contributed by atoms with van der Waals surface area (Å²) in [5.74, 6) is -0.0611. The van der Waals surface area contributed by atoms with Gasteiger partial charge in [0, 0.05) is 18.2 Å². The van der Waals surface area contributed by atoms with Crippen molar-refractivity contribution in [2.24, 2.45) is 0 Å². The lowest BCUT2D eigenvalue weighted by molar-refractivity contribution is 0.0566. The van der Waals surface area contributed by atoms with E-state index in [1.54, 1.807) is 12.1 Å². The van der Waals surface area contributed by atoms with E-state index in [9.17, 15) is 5.11 Å². The maximum absolute atomic E-state index is 9.20. The molecular weight excluding hydrogens is 324 g/mol. The molecule has 1 atom stereocenters. The van der Waals surface area contributed by atoms with E-state index in [1.165, 1.54) is 24.8 Å². The van der Waals surface area contributed by atoms with Crippen LogP contribution in [0.3, 0.4) is 0 Å². The number of ether oxygens (including phenoxy) is 1. The van der Waals surface area contributed by atoms with Crippen LogP contribution in [0.2, 0.25) is 0 Å². The Hall–Kier alpha value is -2.20. The normalized spacial score (nSPS) is 12.5. The lowest BCUT2D eigenvalue weighted by atomic mass is 10.1. The van der Waals surface area contributed by atoms with Crippen LogP contribution in [0.1, 0.15) is 57.9 Å². The van der Waals surface area contributed by atoms with Gasteiger partial charge in [-0.15, -0.1) is 10.2 Å². The molecule has 26 heavy (non-hydrogen) atoms. The molecule has 140 valence electrons. The highest BCUT2D eigenvalue weighted by atomic mass is 16.5.